The Balaban J connectivity index is 1.83. The van der Waals surface area contributed by atoms with Gasteiger partial charge in [-0.2, -0.15) is 0 Å². The van der Waals surface area contributed by atoms with E-state index in [4.69, 9.17) is 0 Å². The van der Waals surface area contributed by atoms with Crippen molar-refractivity contribution < 1.29 is 4.79 Å². The molecule has 1 heterocycles. The molecule has 1 fully saturated rings. The number of rotatable bonds is 3. The minimum absolute atomic E-state index is 0.0543. The van der Waals surface area contributed by atoms with Crippen molar-refractivity contribution in [1.29, 1.82) is 0 Å². The van der Waals surface area contributed by atoms with Crippen molar-refractivity contribution in [3.8, 4) is 0 Å². The van der Waals surface area contributed by atoms with Gasteiger partial charge in [-0.3, -0.25) is 4.79 Å². The van der Waals surface area contributed by atoms with E-state index in [1.165, 1.54) is 0 Å². The largest absolute Gasteiger partial charge is 0.349 e. The summed E-state index contributed by atoms with van der Waals surface area (Å²) in [6, 6.07) is 10.4. The fourth-order valence-electron chi connectivity index (χ4n) is 2.42. The minimum Gasteiger partial charge on any atom is -0.349 e. The first kappa shape index (κ1) is 13.1. The lowest BCUT2D eigenvalue weighted by Crippen LogP contribution is -2.46. The van der Waals surface area contributed by atoms with E-state index in [0.717, 1.165) is 31.5 Å². The predicted molar refractivity (Wildman–Crippen MR) is 73.6 cm³/mol. The third kappa shape index (κ3) is 3.33. The van der Waals surface area contributed by atoms with Crippen molar-refractivity contribution in [2.24, 2.45) is 0 Å². The van der Waals surface area contributed by atoms with E-state index in [9.17, 15) is 4.79 Å². The van der Waals surface area contributed by atoms with Crippen LogP contribution in [0.1, 0.15) is 37.0 Å². The van der Waals surface area contributed by atoms with Gasteiger partial charge < -0.3 is 10.2 Å². The third-order valence-electron chi connectivity index (χ3n) is 3.63. The third-order valence-corrected chi connectivity index (χ3v) is 3.63. The molecule has 0 atom stereocenters. The second-order valence-corrected chi connectivity index (χ2v) is 5.24. The zero-order valence-corrected chi connectivity index (χ0v) is 11.2. The molecule has 1 aromatic carbocycles. The van der Waals surface area contributed by atoms with Crippen LogP contribution >= 0.6 is 0 Å². The van der Waals surface area contributed by atoms with Gasteiger partial charge in [0, 0.05) is 30.7 Å². The van der Waals surface area contributed by atoms with Gasteiger partial charge in [0.15, 0.2) is 0 Å². The molecule has 1 aliphatic rings. The molecule has 18 heavy (non-hydrogen) atoms. The molecule has 2 rings (SSSR count). The van der Waals surface area contributed by atoms with E-state index in [1.54, 1.807) is 0 Å². The summed E-state index contributed by atoms with van der Waals surface area (Å²) in [5, 5.41) is 3.13. The molecule has 0 unspecified atom stereocenters. The van der Waals surface area contributed by atoms with Gasteiger partial charge in [-0.05, 0) is 38.8 Å². The van der Waals surface area contributed by atoms with E-state index in [2.05, 4.69) is 24.1 Å². The number of piperidine rings is 1. The Hall–Kier alpha value is -1.35. The molecule has 98 valence electrons. The first-order chi connectivity index (χ1) is 8.66. The predicted octanol–water partition coefficient (Wildman–Crippen LogP) is 2.29. The summed E-state index contributed by atoms with van der Waals surface area (Å²) >= 11 is 0. The summed E-state index contributed by atoms with van der Waals surface area (Å²) < 4.78 is 0. The lowest BCUT2D eigenvalue weighted by molar-refractivity contribution is 0.0900. The van der Waals surface area contributed by atoms with Crippen molar-refractivity contribution in [2.45, 2.75) is 38.8 Å². The topological polar surface area (TPSA) is 32.3 Å². The minimum atomic E-state index is 0.0543. The maximum absolute atomic E-state index is 12.0. The Morgan fingerprint density at radius 3 is 2.39 bits per heavy atom. The molecule has 0 bridgehead atoms. The molecule has 1 saturated heterocycles. The number of hydrogen-bond donors (Lipinski definition) is 1. The van der Waals surface area contributed by atoms with Gasteiger partial charge in [0.1, 0.15) is 0 Å². The summed E-state index contributed by atoms with van der Waals surface area (Å²) in [6.07, 6.45) is 2.10. The Morgan fingerprint density at radius 2 is 1.83 bits per heavy atom. The molecule has 1 aromatic rings. The van der Waals surface area contributed by atoms with Gasteiger partial charge >= 0.3 is 0 Å². The van der Waals surface area contributed by atoms with E-state index in [1.807, 2.05) is 30.3 Å². The standard InChI is InChI=1S/C15H22N2O/c1-12(2)17-10-8-14(9-11-17)16-15(18)13-6-4-3-5-7-13/h3-7,12,14H,8-11H2,1-2H3,(H,16,18). The summed E-state index contributed by atoms with van der Waals surface area (Å²) in [7, 11) is 0. The number of amides is 1. The lowest BCUT2D eigenvalue weighted by Gasteiger charge is -2.34. The maximum Gasteiger partial charge on any atom is 0.251 e. The average molecular weight is 246 g/mol. The van der Waals surface area contributed by atoms with Crippen LogP contribution in [0, 0.1) is 0 Å². The van der Waals surface area contributed by atoms with E-state index in [-0.39, 0.29) is 5.91 Å². The first-order valence-corrected chi connectivity index (χ1v) is 6.77. The van der Waals surface area contributed by atoms with Crippen LogP contribution in [0.25, 0.3) is 0 Å². The number of likely N-dealkylation sites (tertiary alicyclic amines) is 1. The summed E-state index contributed by atoms with van der Waals surface area (Å²) in [5.74, 6) is 0.0543. The van der Waals surface area contributed by atoms with Gasteiger partial charge in [0.05, 0.1) is 0 Å². The van der Waals surface area contributed by atoms with E-state index in [0.29, 0.717) is 12.1 Å². The molecule has 0 spiro atoms. The highest BCUT2D eigenvalue weighted by Crippen LogP contribution is 2.13. The van der Waals surface area contributed by atoms with Crippen LogP contribution in [0.2, 0.25) is 0 Å². The molecule has 0 radical (unpaired) electrons. The Kier molecular flexibility index (Phi) is 4.37. The second kappa shape index (κ2) is 6.01. The molecule has 3 heteroatoms. The SMILES string of the molecule is CC(C)N1CCC(NC(=O)c2ccccc2)CC1. The number of carbonyl (C=O) groups is 1. The second-order valence-electron chi connectivity index (χ2n) is 5.24. The molecule has 1 amide bonds. The maximum atomic E-state index is 12.0. The zero-order valence-electron chi connectivity index (χ0n) is 11.2. The fourth-order valence-corrected chi connectivity index (χ4v) is 2.42. The monoisotopic (exact) mass is 246 g/mol. The highest BCUT2D eigenvalue weighted by atomic mass is 16.1. The average Bonchev–Trinajstić information content (AvgIpc) is 2.40. The van der Waals surface area contributed by atoms with Crippen LogP contribution in [-0.4, -0.2) is 36.0 Å². The van der Waals surface area contributed by atoms with Gasteiger partial charge in [-0.1, -0.05) is 18.2 Å². The van der Waals surface area contributed by atoms with Crippen LogP contribution in [0.3, 0.4) is 0 Å². The van der Waals surface area contributed by atoms with Crippen molar-refractivity contribution >= 4 is 5.91 Å². The van der Waals surface area contributed by atoms with Crippen LogP contribution in [0.4, 0.5) is 0 Å². The normalized spacial score (nSPS) is 17.9. The molecular formula is C15H22N2O. The van der Waals surface area contributed by atoms with Gasteiger partial charge in [-0.25, -0.2) is 0 Å². The highest BCUT2D eigenvalue weighted by molar-refractivity contribution is 5.94. The number of hydrogen-bond acceptors (Lipinski definition) is 2. The molecule has 1 N–H and O–H groups in total. The number of nitrogens with one attached hydrogen (secondary N) is 1. The Morgan fingerprint density at radius 1 is 1.22 bits per heavy atom. The lowest BCUT2D eigenvalue weighted by atomic mass is 10.0. The van der Waals surface area contributed by atoms with E-state index < -0.39 is 0 Å². The summed E-state index contributed by atoms with van der Waals surface area (Å²) in [6.45, 7) is 6.61. The zero-order chi connectivity index (χ0) is 13.0. The smallest absolute Gasteiger partial charge is 0.251 e. The first-order valence-electron chi connectivity index (χ1n) is 6.77. The van der Waals surface area contributed by atoms with Crippen LogP contribution in [0.15, 0.2) is 30.3 Å². The van der Waals surface area contributed by atoms with Gasteiger partial charge in [-0.15, -0.1) is 0 Å². The van der Waals surface area contributed by atoms with Crippen LogP contribution < -0.4 is 5.32 Å². The number of carbonyl (C=O) groups excluding carboxylic acids is 1. The quantitative estimate of drug-likeness (QED) is 0.887. The molecule has 3 nitrogen and oxygen atoms in total. The fraction of sp³-hybridized carbons (Fsp3) is 0.533. The van der Waals surface area contributed by atoms with Gasteiger partial charge in [0.2, 0.25) is 0 Å². The van der Waals surface area contributed by atoms with Gasteiger partial charge in [0.25, 0.3) is 5.91 Å². The van der Waals surface area contributed by atoms with Crippen molar-refractivity contribution in [2.75, 3.05) is 13.1 Å². The summed E-state index contributed by atoms with van der Waals surface area (Å²) in [4.78, 5) is 14.5. The van der Waals surface area contributed by atoms with Crippen molar-refractivity contribution in [1.82, 2.24) is 10.2 Å². The molecular weight excluding hydrogens is 224 g/mol. The van der Waals surface area contributed by atoms with Crippen LogP contribution in [-0.2, 0) is 0 Å². The molecule has 0 saturated carbocycles. The molecule has 1 aliphatic heterocycles. The van der Waals surface area contributed by atoms with Crippen molar-refractivity contribution in [3.63, 3.8) is 0 Å². The van der Waals surface area contributed by atoms with Crippen LogP contribution in [0.5, 0.6) is 0 Å². The number of nitrogens with zero attached hydrogens (tertiary/aromatic N) is 1. The molecule has 0 aromatic heterocycles. The Bertz CT molecular complexity index is 381. The van der Waals surface area contributed by atoms with Crippen molar-refractivity contribution in [3.05, 3.63) is 35.9 Å². The number of benzene rings is 1. The van der Waals surface area contributed by atoms with E-state index >= 15 is 0 Å². The Labute approximate surface area is 109 Å². The molecule has 0 aliphatic carbocycles. The highest BCUT2D eigenvalue weighted by Gasteiger charge is 2.22. The summed E-state index contributed by atoms with van der Waals surface area (Å²) in [5.41, 5.74) is 0.754.